The van der Waals surface area contributed by atoms with Crippen LogP contribution in [0.15, 0.2) is 0 Å². The van der Waals surface area contributed by atoms with E-state index in [1.807, 2.05) is 6.92 Å². The first-order valence-electron chi connectivity index (χ1n) is 2.61. The Labute approximate surface area is 54.4 Å². The van der Waals surface area contributed by atoms with Gasteiger partial charge in [-0.05, 0) is 6.42 Å². The van der Waals surface area contributed by atoms with E-state index in [4.69, 9.17) is 9.79 Å². The van der Waals surface area contributed by atoms with Crippen LogP contribution in [0.4, 0.5) is 0 Å². The van der Waals surface area contributed by atoms with Gasteiger partial charge in [0.25, 0.3) is 0 Å². The largest absolute Gasteiger partial charge is 0.412 e. The average Bonchev–Trinajstić information content (AvgIpc) is 1.59. The van der Waals surface area contributed by atoms with Crippen molar-refractivity contribution in [2.24, 2.45) is 0 Å². The average molecular weight is 156 g/mol. The number of hydrogen-bond acceptors (Lipinski definition) is 1. The van der Waals surface area contributed by atoms with Crippen molar-refractivity contribution in [2.45, 2.75) is 19.8 Å². The molecular formula is C4H13O4P. The van der Waals surface area contributed by atoms with E-state index >= 15 is 0 Å². The van der Waals surface area contributed by atoms with Gasteiger partial charge in [0.2, 0.25) is 0 Å². The van der Waals surface area contributed by atoms with E-state index in [1.165, 1.54) is 0 Å². The van der Waals surface area contributed by atoms with Crippen LogP contribution in [0, 0.1) is 0 Å². The molecular weight excluding hydrogens is 143 g/mol. The summed E-state index contributed by atoms with van der Waals surface area (Å²) in [6.07, 6.45) is 1.49. The fraction of sp³-hybridized carbons (Fsp3) is 1.00. The third-order valence-electron chi connectivity index (χ3n) is 0.803. The lowest BCUT2D eigenvalue weighted by Gasteiger charge is -1.98. The summed E-state index contributed by atoms with van der Waals surface area (Å²) < 4.78 is 10.1. The zero-order chi connectivity index (χ0) is 6.62. The molecule has 0 aliphatic heterocycles. The van der Waals surface area contributed by atoms with Gasteiger partial charge in [0, 0.05) is 6.16 Å². The van der Waals surface area contributed by atoms with E-state index in [9.17, 15) is 4.57 Å². The summed E-state index contributed by atoms with van der Waals surface area (Å²) >= 11 is 0. The van der Waals surface area contributed by atoms with Gasteiger partial charge in [-0.1, -0.05) is 13.3 Å². The highest BCUT2D eigenvalue weighted by Gasteiger charge is 2.09. The summed E-state index contributed by atoms with van der Waals surface area (Å²) in [6.45, 7) is 1.90. The Morgan fingerprint density at radius 1 is 1.44 bits per heavy atom. The van der Waals surface area contributed by atoms with Gasteiger partial charge >= 0.3 is 7.60 Å². The Balaban J connectivity index is 0. The van der Waals surface area contributed by atoms with Crippen molar-refractivity contribution < 1.29 is 19.8 Å². The predicted octanol–water partition coefficient (Wildman–Crippen LogP) is 0.139. The standard InChI is InChI=1S/C4H11O3P.H2O/c1-2-3-4-8(5,6)7;/h2-4H2,1H3,(H2,5,6,7);1H2. The summed E-state index contributed by atoms with van der Waals surface area (Å²) in [5.41, 5.74) is 0. The Morgan fingerprint density at radius 2 is 1.89 bits per heavy atom. The summed E-state index contributed by atoms with van der Waals surface area (Å²) in [4.78, 5) is 16.5. The molecule has 0 radical (unpaired) electrons. The molecule has 0 fully saturated rings. The smallest absolute Gasteiger partial charge is 0.325 e. The molecule has 0 saturated carbocycles. The second kappa shape index (κ2) is 4.94. The van der Waals surface area contributed by atoms with Crippen molar-refractivity contribution in [1.29, 1.82) is 0 Å². The minimum atomic E-state index is -3.68. The molecule has 9 heavy (non-hydrogen) atoms. The molecule has 5 heteroatoms. The van der Waals surface area contributed by atoms with Gasteiger partial charge in [-0.2, -0.15) is 0 Å². The van der Waals surface area contributed by atoms with Crippen LogP contribution in [0.1, 0.15) is 19.8 Å². The van der Waals surface area contributed by atoms with E-state index in [0.717, 1.165) is 6.42 Å². The second-order valence-corrected chi connectivity index (χ2v) is 3.52. The molecule has 0 saturated heterocycles. The molecule has 0 atom stereocenters. The summed E-state index contributed by atoms with van der Waals surface area (Å²) in [7, 11) is -3.68. The van der Waals surface area contributed by atoms with Gasteiger partial charge in [-0.15, -0.1) is 0 Å². The van der Waals surface area contributed by atoms with Crippen LogP contribution in [0.2, 0.25) is 0 Å². The third kappa shape index (κ3) is 11.6. The molecule has 0 aliphatic carbocycles. The molecule has 0 aromatic heterocycles. The monoisotopic (exact) mass is 156 g/mol. The van der Waals surface area contributed by atoms with Gasteiger partial charge < -0.3 is 15.3 Å². The number of unbranched alkanes of at least 4 members (excludes halogenated alkanes) is 1. The summed E-state index contributed by atoms with van der Waals surface area (Å²) in [5, 5.41) is 0. The van der Waals surface area contributed by atoms with Crippen molar-refractivity contribution in [3.8, 4) is 0 Å². The van der Waals surface area contributed by atoms with Gasteiger partial charge in [-0.3, -0.25) is 4.57 Å². The fourth-order valence-electron chi connectivity index (χ4n) is 0.364. The van der Waals surface area contributed by atoms with Crippen LogP contribution in [0.3, 0.4) is 0 Å². The highest BCUT2D eigenvalue weighted by Crippen LogP contribution is 2.34. The fourth-order valence-corrected chi connectivity index (χ4v) is 1.09. The van der Waals surface area contributed by atoms with Gasteiger partial charge in [-0.25, -0.2) is 0 Å². The van der Waals surface area contributed by atoms with Gasteiger partial charge in [0.15, 0.2) is 0 Å². The van der Waals surface area contributed by atoms with E-state index in [0.29, 0.717) is 6.42 Å². The van der Waals surface area contributed by atoms with E-state index in [2.05, 4.69) is 0 Å². The first kappa shape index (κ1) is 11.9. The van der Waals surface area contributed by atoms with E-state index in [1.54, 1.807) is 0 Å². The molecule has 4 nitrogen and oxygen atoms in total. The maximum Gasteiger partial charge on any atom is 0.325 e. The second-order valence-electron chi connectivity index (χ2n) is 1.74. The Morgan fingerprint density at radius 3 is 2.00 bits per heavy atom. The zero-order valence-electron chi connectivity index (χ0n) is 5.37. The lowest BCUT2D eigenvalue weighted by atomic mass is 10.4. The third-order valence-corrected chi connectivity index (χ3v) is 1.70. The van der Waals surface area contributed by atoms with Crippen LogP contribution in [0.5, 0.6) is 0 Å². The zero-order valence-corrected chi connectivity index (χ0v) is 6.27. The van der Waals surface area contributed by atoms with Crippen molar-refractivity contribution >= 4 is 7.60 Å². The minimum absolute atomic E-state index is 0. The molecule has 0 aliphatic rings. The molecule has 58 valence electrons. The molecule has 0 bridgehead atoms. The SMILES string of the molecule is CCCCP(=O)(O)O.O. The molecule has 0 spiro atoms. The molecule has 0 amide bonds. The maximum atomic E-state index is 10.1. The van der Waals surface area contributed by atoms with Crippen LogP contribution in [-0.2, 0) is 4.57 Å². The first-order valence-corrected chi connectivity index (χ1v) is 4.40. The summed E-state index contributed by atoms with van der Waals surface area (Å²) in [5.74, 6) is 0. The first-order chi connectivity index (χ1) is 3.56. The quantitative estimate of drug-likeness (QED) is 0.569. The normalized spacial score (nSPS) is 10.6. The van der Waals surface area contributed by atoms with Crippen LogP contribution in [0.25, 0.3) is 0 Å². The molecule has 4 N–H and O–H groups in total. The van der Waals surface area contributed by atoms with Crippen molar-refractivity contribution in [3.05, 3.63) is 0 Å². The van der Waals surface area contributed by atoms with Crippen molar-refractivity contribution in [1.82, 2.24) is 0 Å². The molecule has 0 aromatic rings. The molecule has 0 heterocycles. The predicted molar refractivity (Wildman–Crippen MR) is 35.4 cm³/mol. The number of rotatable bonds is 3. The lowest BCUT2D eigenvalue weighted by Crippen LogP contribution is -1.84. The molecule has 0 aromatic carbocycles. The van der Waals surface area contributed by atoms with Crippen LogP contribution >= 0.6 is 7.60 Å². The van der Waals surface area contributed by atoms with E-state index < -0.39 is 7.60 Å². The van der Waals surface area contributed by atoms with Crippen molar-refractivity contribution in [2.75, 3.05) is 6.16 Å². The van der Waals surface area contributed by atoms with Gasteiger partial charge in [0.05, 0.1) is 0 Å². The highest BCUT2D eigenvalue weighted by molar-refractivity contribution is 7.51. The Hall–Kier alpha value is 0.110. The number of hydrogen-bond donors (Lipinski definition) is 2. The topological polar surface area (TPSA) is 89.0 Å². The molecule has 0 unspecified atom stereocenters. The molecule has 0 rings (SSSR count). The Kier molecular flexibility index (Phi) is 6.51. The summed E-state index contributed by atoms with van der Waals surface area (Å²) in [6, 6.07) is 0. The maximum absolute atomic E-state index is 10.1. The van der Waals surface area contributed by atoms with E-state index in [-0.39, 0.29) is 11.6 Å². The van der Waals surface area contributed by atoms with Crippen molar-refractivity contribution in [3.63, 3.8) is 0 Å². The minimum Gasteiger partial charge on any atom is -0.412 e. The van der Waals surface area contributed by atoms with Crippen LogP contribution in [-0.4, -0.2) is 21.4 Å². The highest BCUT2D eigenvalue weighted by atomic mass is 31.2. The lowest BCUT2D eigenvalue weighted by molar-refractivity contribution is 0.371. The van der Waals surface area contributed by atoms with Gasteiger partial charge in [0.1, 0.15) is 0 Å². The van der Waals surface area contributed by atoms with Crippen LogP contribution < -0.4 is 0 Å². The Bertz CT molecular complexity index is 96.7.